The Balaban J connectivity index is 1.67. The molecule has 5 nitrogen and oxygen atoms in total. The summed E-state index contributed by atoms with van der Waals surface area (Å²) in [5.41, 5.74) is 0.742. The molecular formula is C20H23N3O2S. The number of aromatic nitrogens is 1. The van der Waals surface area contributed by atoms with Gasteiger partial charge in [0.25, 0.3) is 0 Å². The number of fused-ring (bicyclic) bond motifs is 1. The molecule has 2 aromatic carbocycles. The molecule has 0 atom stereocenters. The van der Waals surface area contributed by atoms with Gasteiger partial charge in [-0.1, -0.05) is 0 Å². The van der Waals surface area contributed by atoms with Gasteiger partial charge in [0.1, 0.15) is 11.5 Å². The van der Waals surface area contributed by atoms with E-state index in [1.165, 1.54) is 11.5 Å². The number of nitrogens with one attached hydrogen (secondary N) is 1. The standard InChI is InChI=1S/C20H23N3O2S/c1-13(2)23(14(3)4)20(24)22-16-5-7-17(8-6-16)25-18-9-10-19-15(11-18)12-21-26-19/h5-14H,1-4H3,(H,22,24). The van der Waals surface area contributed by atoms with Gasteiger partial charge in [-0.3, -0.25) is 0 Å². The van der Waals surface area contributed by atoms with Crippen LogP contribution < -0.4 is 10.1 Å². The van der Waals surface area contributed by atoms with Crippen LogP contribution in [0.1, 0.15) is 27.7 Å². The lowest BCUT2D eigenvalue weighted by molar-refractivity contribution is 0.178. The number of urea groups is 1. The second kappa shape index (κ2) is 7.74. The maximum Gasteiger partial charge on any atom is 0.322 e. The van der Waals surface area contributed by atoms with Gasteiger partial charge in [-0.2, -0.15) is 4.37 Å². The molecule has 0 saturated heterocycles. The molecule has 0 bridgehead atoms. The monoisotopic (exact) mass is 369 g/mol. The summed E-state index contributed by atoms with van der Waals surface area (Å²) in [5, 5.41) is 4.01. The summed E-state index contributed by atoms with van der Waals surface area (Å²) in [6, 6.07) is 13.5. The highest BCUT2D eigenvalue weighted by molar-refractivity contribution is 7.13. The number of anilines is 1. The third-order valence-electron chi connectivity index (χ3n) is 4.01. The van der Waals surface area contributed by atoms with Crippen LogP contribution in [0.3, 0.4) is 0 Å². The highest BCUT2D eigenvalue weighted by atomic mass is 32.1. The molecule has 2 amide bonds. The van der Waals surface area contributed by atoms with Crippen molar-refractivity contribution in [2.75, 3.05) is 5.32 Å². The lowest BCUT2D eigenvalue weighted by Gasteiger charge is -2.30. The van der Waals surface area contributed by atoms with Gasteiger partial charge in [0.2, 0.25) is 0 Å². The number of carbonyl (C=O) groups is 1. The molecule has 0 aliphatic heterocycles. The largest absolute Gasteiger partial charge is 0.457 e. The molecule has 0 aliphatic rings. The third kappa shape index (κ3) is 4.14. The van der Waals surface area contributed by atoms with Crippen LogP contribution in [0.25, 0.3) is 10.1 Å². The second-order valence-corrected chi connectivity index (χ2v) is 7.51. The van der Waals surface area contributed by atoms with Gasteiger partial charge < -0.3 is 15.0 Å². The number of hydrogen-bond donors (Lipinski definition) is 1. The highest BCUT2D eigenvalue weighted by Gasteiger charge is 2.19. The summed E-state index contributed by atoms with van der Waals surface area (Å²) in [4.78, 5) is 14.3. The summed E-state index contributed by atoms with van der Waals surface area (Å²) >= 11 is 1.47. The van der Waals surface area contributed by atoms with Crippen molar-refractivity contribution in [1.29, 1.82) is 0 Å². The van der Waals surface area contributed by atoms with E-state index in [-0.39, 0.29) is 18.1 Å². The molecule has 0 unspecified atom stereocenters. The van der Waals surface area contributed by atoms with Gasteiger partial charge in [0.15, 0.2) is 0 Å². The fraction of sp³-hybridized carbons (Fsp3) is 0.300. The molecular weight excluding hydrogens is 346 g/mol. The number of amides is 2. The number of hydrogen-bond acceptors (Lipinski definition) is 4. The van der Waals surface area contributed by atoms with Gasteiger partial charge in [-0.25, -0.2) is 4.79 Å². The predicted octanol–water partition coefficient (Wildman–Crippen LogP) is 5.74. The van der Waals surface area contributed by atoms with Crippen molar-refractivity contribution in [3.05, 3.63) is 48.7 Å². The van der Waals surface area contributed by atoms with E-state index in [9.17, 15) is 4.79 Å². The van der Waals surface area contributed by atoms with Crippen LogP contribution in [0.2, 0.25) is 0 Å². The topological polar surface area (TPSA) is 54.5 Å². The zero-order chi connectivity index (χ0) is 18.7. The van der Waals surface area contributed by atoms with E-state index in [0.717, 1.165) is 27.3 Å². The van der Waals surface area contributed by atoms with Gasteiger partial charge in [0, 0.05) is 29.4 Å². The van der Waals surface area contributed by atoms with Crippen LogP contribution in [0.5, 0.6) is 11.5 Å². The molecule has 1 heterocycles. The Labute approximate surface area is 157 Å². The summed E-state index contributed by atoms with van der Waals surface area (Å²) in [6.07, 6.45) is 1.83. The van der Waals surface area contributed by atoms with Crippen molar-refractivity contribution in [3.63, 3.8) is 0 Å². The van der Waals surface area contributed by atoms with E-state index in [1.54, 1.807) is 0 Å². The van der Waals surface area contributed by atoms with Gasteiger partial charge in [-0.15, -0.1) is 0 Å². The first kappa shape index (κ1) is 18.2. The smallest absolute Gasteiger partial charge is 0.322 e. The fourth-order valence-electron chi connectivity index (χ4n) is 2.91. The van der Waals surface area contributed by atoms with E-state index in [1.807, 2.05) is 81.3 Å². The summed E-state index contributed by atoms with van der Waals surface area (Å²) < 4.78 is 11.2. The van der Waals surface area contributed by atoms with Crippen LogP contribution in [0.15, 0.2) is 48.7 Å². The number of rotatable bonds is 5. The molecule has 0 spiro atoms. The van der Waals surface area contributed by atoms with Gasteiger partial charge in [0.05, 0.1) is 4.70 Å². The number of carbonyl (C=O) groups excluding carboxylic acids is 1. The number of nitrogens with zero attached hydrogens (tertiary/aromatic N) is 2. The average molecular weight is 369 g/mol. The molecule has 136 valence electrons. The van der Waals surface area contributed by atoms with Crippen molar-refractivity contribution < 1.29 is 9.53 Å². The molecule has 0 fully saturated rings. The first-order valence-electron chi connectivity index (χ1n) is 8.65. The lowest BCUT2D eigenvalue weighted by atomic mass is 10.2. The molecule has 6 heteroatoms. The van der Waals surface area contributed by atoms with Gasteiger partial charge >= 0.3 is 6.03 Å². The molecule has 3 rings (SSSR count). The van der Waals surface area contributed by atoms with Crippen molar-refractivity contribution in [2.24, 2.45) is 0 Å². The third-order valence-corrected chi connectivity index (χ3v) is 4.79. The van der Waals surface area contributed by atoms with Crippen molar-refractivity contribution in [3.8, 4) is 11.5 Å². The first-order valence-corrected chi connectivity index (χ1v) is 9.43. The van der Waals surface area contributed by atoms with Crippen LogP contribution in [0, 0.1) is 0 Å². The van der Waals surface area contributed by atoms with Crippen molar-refractivity contribution in [2.45, 2.75) is 39.8 Å². The van der Waals surface area contributed by atoms with Crippen LogP contribution in [0.4, 0.5) is 10.5 Å². The minimum Gasteiger partial charge on any atom is -0.457 e. The van der Waals surface area contributed by atoms with Gasteiger partial charge in [-0.05, 0) is 81.7 Å². The van der Waals surface area contributed by atoms with Crippen molar-refractivity contribution >= 4 is 33.3 Å². The maximum absolute atomic E-state index is 12.4. The van der Waals surface area contributed by atoms with E-state index in [0.29, 0.717) is 0 Å². The minimum atomic E-state index is -0.0981. The van der Waals surface area contributed by atoms with Crippen molar-refractivity contribution in [1.82, 2.24) is 9.27 Å². The Morgan fingerprint density at radius 2 is 1.69 bits per heavy atom. The van der Waals surface area contributed by atoms with E-state index in [2.05, 4.69) is 9.69 Å². The Morgan fingerprint density at radius 3 is 2.35 bits per heavy atom. The molecule has 0 saturated carbocycles. The Hall–Kier alpha value is -2.60. The molecule has 0 radical (unpaired) electrons. The molecule has 0 aliphatic carbocycles. The lowest BCUT2D eigenvalue weighted by Crippen LogP contribution is -2.44. The van der Waals surface area contributed by atoms with E-state index >= 15 is 0 Å². The highest BCUT2D eigenvalue weighted by Crippen LogP contribution is 2.28. The maximum atomic E-state index is 12.4. The van der Waals surface area contributed by atoms with Crippen LogP contribution >= 0.6 is 11.5 Å². The Morgan fingerprint density at radius 1 is 1.04 bits per heavy atom. The van der Waals surface area contributed by atoms with E-state index in [4.69, 9.17) is 4.74 Å². The second-order valence-electron chi connectivity index (χ2n) is 6.68. The Bertz CT molecular complexity index is 879. The summed E-state index contributed by atoms with van der Waals surface area (Å²) in [7, 11) is 0. The van der Waals surface area contributed by atoms with Crippen LogP contribution in [-0.4, -0.2) is 27.4 Å². The Kier molecular flexibility index (Phi) is 5.42. The van der Waals surface area contributed by atoms with E-state index < -0.39 is 0 Å². The SMILES string of the molecule is CC(C)N(C(=O)Nc1ccc(Oc2ccc3sncc3c2)cc1)C(C)C. The zero-order valence-corrected chi connectivity index (χ0v) is 16.2. The molecule has 1 N–H and O–H groups in total. The summed E-state index contributed by atoms with van der Waals surface area (Å²) in [6.45, 7) is 8.04. The predicted molar refractivity (Wildman–Crippen MR) is 107 cm³/mol. The normalized spacial score (nSPS) is 11.2. The number of ether oxygens (including phenoxy) is 1. The van der Waals surface area contributed by atoms with Crippen LogP contribution in [-0.2, 0) is 0 Å². The average Bonchev–Trinajstić information content (AvgIpc) is 3.03. The first-order chi connectivity index (χ1) is 12.4. The quantitative estimate of drug-likeness (QED) is 0.624. The number of benzene rings is 2. The molecule has 1 aromatic heterocycles. The molecule has 26 heavy (non-hydrogen) atoms. The molecule has 3 aromatic rings. The zero-order valence-electron chi connectivity index (χ0n) is 15.4. The fourth-order valence-corrected chi connectivity index (χ4v) is 3.54. The summed E-state index contributed by atoms with van der Waals surface area (Å²) in [5.74, 6) is 1.48. The minimum absolute atomic E-state index is 0.0981.